The van der Waals surface area contributed by atoms with Crippen LogP contribution in [0.5, 0.6) is 0 Å². The van der Waals surface area contributed by atoms with Gasteiger partial charge in [-0.1, -0.05) is 0 Å². The molecule has 2 fully saturated rings. The lowest BCUT2D eigenvalue weighted by molar-refractivity contribution is 0.283. The number of piperidine rings is 1. The molecule has 2 heterocycles. The van der Waals surface area contributed by atoms with Crippen LogP contribution in [-0.2, 0) is 10.0 Å². The Labute approximate surface area is 113 Å². The number of aromatic nitrogens is 2. The smallest absolute Gasteiger partial charge is 0.260 e. The van der Waals surface area contributed by atoms with Crippen molar-refractivity contribution in [2.75, 3.05) is 19.6 Å². The maximum Gasteiger partial charge on any atom is 0.260 e. The van der Waals surface area contributed by atoms with Gasteiger partial charge in [-0.2, -0.15) is 9.40 Å². The minimum Gasteiger partial charge on any atom is -0.317 e. The Bertz CT molecular complexity index is 504. The highest BCUT2D eigenvalue weighted by Crippen LogP contribution is 2.33. The Balaban J connectivity index is 1.77. The van der Waals surface area contributed by atoms with E-state index in [0.29, 0.717) is 12.5 Å². The lowest BCUT2D eigenvalue weighted by Gasteiger charge is -2.29. The van der Waals surface area contributed by atoms with Gasteiger partial charge in [-0.15, -0.1) is 0 Å². The Hall–Kier alpha value is -0.920. The molecule has 0 atom stereocenters. The van der Waals surface area contributed by atoms with Gasteiger partial charge < -0.3 is 5.32 Å². The summed E-state index contributed by atoms with van der Waals surface area (Å²) in [7, 11) is -3.40. The minimum atomic E-state index is -3.40. The number of aromatic amines is 1. The molecule has 0 amide bonds. The van der Waals surface area contributed by atoms with Gasteiger partial charge >= 0.3 is 0 Å². The van der Waals surface area contributed by atoms with Gasteiger partial charge in [0.15, 0.2) is 5.03 Å². The topological polar surface area (TPSA) is 78.1 Å². The number of hydrogen-bond donors (Lipinski definition) is 2. The molecule has 19 heavy (non-hydrogen) atoms. The molecule has 0 bridgehead atoms. The van der Waals surface area contributed by atoms with Crippen molar-refractivity contribution in [3.05, 3.63) is 12.3 Å². The predicted octanol–water partition coefficient (Wildman–Crippen LogP) is 0.562. The SMILES string of the molecule is O=S(=O)(c1ccn[nH]1)N(CC1CCNCC1)C1CC1. The van der Waals surface area contributed by atoms with Crippen LogP contribution in [0.4, 0.5) is 0 Å². The second-order valence-electron chi connectivity index (χ2n) is 5.42. The highest BCUT2D eigenvalue weighted by atomic mass is 32.2. The molecule has 2 N–H and O–H groups in total. The molecule has 1 aliphatic heterocycles. The van der Waals surface area contributed by atoms with Crippen LogP contribution in [-0.4, -0.2) is 48.6 Å². The summed E-state index contributed by atoms with van der Waals surface area (Å²) >= 11 is 0. The molecule has 1 aliphatic carbocycles. The molecule has 3 rings (SSSR count). The number of sulfonamides is 1. The normalized spacial score (nSPS) is 21.9. The van der Waals surface area contributed by atoms with Crippen LogP contribution in [0.15, 0.2) is 17.3 Å². The van der Waals surface area contributed by atoms with Gasteiger partial charge in [0.25, 0.3) is 10.0 Å². The quantitative estimate of drug-likeness (QED) is 0.828. The van der Waals surface area contributed by atoms with E-state index in [2.05, 4.69) is 15.5 Å². The summed E-state index contributed by atoms with van der Waals surface area (Å²) in [6.45, 7) is 2.63. The zero-order chi connectivity index (χ0) is 13.3. The molecule has 1 saturated carbocycles. The summed E-state index contributed by atoms with van der Waals surface area (Å²) < 4.78 is 26.9. The van der Waals surface area contributed by atoms with Gasteiger partial charge in [0, 0.05) is 12.6 Å². The molecule has 0 radical (unpaired) electrons. The fraction of sp³-hybridized carbons (Fsp3) is 0.750. The van der Waals surface area contributed by atoms with Gasteiger partial charge in [-0.05, 0) is 50.8 Å². The van der Waals surface area contributed by atoms with E-state index in [0.717, 1.165) is 38.8 Å². The van der Waals surface area contributed by atoms with Crippen molar-refractivity contribution < 1.29 is 8.42 Å². The van der Waals surface area contributed by atoms with Crippen LogP contribution in [0.25, 0.3) is 0 Å². The molecule has 1 saturated heterocycles. The van der Waals surface area contributed by atoms with Crippen LogP contribution in [0.1, 0.15) is 25.7 Å². The second kappa shape index (κ2) is 5.22. The number of nitrogens with one attached hydrogen (secondary N) is 2. The van der Waals surface area contributed by atoms with Crippen molar-refractivity contribution in [3.63, 3.8) is 0 Å². The summed E-state index contributed by atoms with van der Waals surface area (Å²) in [4.78, 5) is 0. The van der Waals surface area contributed by atoms with E-state index < -0.39 is 10.0 Å². The molecule has 1 aromatic rings. The molecule has 7 heteroatoms. The third-order valence-electron chi connectivity index (χ3n) is 3.91. The van der Waals surface area contributed by atoms with Crippen molar-refractivity contribution in [3.8, 4) is 0 Å². The third kappa shape index (κ3) is 2.82. The van der Waals surface area contributed by atoms with Crippen molar-refractivity contribution >= 4 is 10.0 Å². The lowest BCUT2D eigenvalue weighted by Crippen LogP contribution is -2.40. The summed E-state index contributed by atoms with van der Waals surface area (Å²) in [5, 5.41) is 9.87. The van der Waals surface area contributed by atoms with E-state index in [1.54, 1.807) is 4.31 Å². The third-order valence-corrected chi connectivity index (χ3v) is 5.76. The molecule has 1 aromatic heterocycles. The first-order valence-corrected chi connectivity index (χ1v) is 8.34. The minimum absolute atomic E-state index is 0.197. The molecule has 0 spiro atoms. The monoisotopic (exact) mass is 284 g/mol. The van der Waals surface area contributed by atoms with E-state index in [4.69, 9.17) is 0 Å². The standard InChI is InChI=1S/C12H20N4O2S/c17-19(18,12-5-8-14-15-12)16(11-1-2-11)9-10-3-6-13-7-4-10/h5,8,10-11,13H,1-4,6-7,9H2,(H,14,15). The molecule has 106 valence electrons. The molecular weight excluding hydrogens is 264 g/mol. The van der Waals surface area contributed by atoms with Gasteiger partial charge in [-0.3, -0.25) is 5.10 Å². The maximum atomic E-state index is 12.6. The fourth-order valence-electron chi connectivity index (χ4n) is 2.64. The van der Waals surface area contributed by atoms with Crippen molar-refractivity contribution in [1.29, 1.82) is 0 Å². The summed E-state index contributed by atoms with van der Waals surface area (Å²) in [6, 6.07) is 1.73. The Morgan fingerprint density at radius 2 is 2.00 bits per heavy atom. The number of nitrogens with zero attached hydrogens (tertiary/aromatic N) is 2. The summed E-state index contributed by atoms with van der Waals surface area (Å²) in [5.74, 6) is 0.472. The van der Waals surface area contributed by atoms with Crippen LogP contribution in [0.2, 0.25) is 0 Å². The molecule has 2 aliphatic rings. The largest absolute Gasteiger partial charge is 0.317 e. The average Bonchev–Trinajstić information content (AvgIpc) is 3.09. The van der Waals surface area contributed by atoms with Gasteiger partial charge in [0.05, 0.1) is 6.20 Å². The first-order chi connectivity index (χ1) is 9.18. The van der Waals surface area contributed by atoms with Crippen molar-refractivity contribution in [2.45, 2.75) is 36.8 Å². The molecule has 6 nitrogen and oxygen atoms in total. The Kier molecular flexibility index (Phi) is 3.60. The number of rotatable bonds is 5. The Morgan fingerprint density at radius 3 is 2.58 bits per heavy atom. The van der Waals surface area contributed by atoms with E-state index in [1.807, 2.05) is 0 Å². The number of hydrogen-bond acceptors (Lipinski definition) is 4. The molecular formula is C12H20N4O2S. The lowest BCUT2D eigenvalue weighted by atomic mass is 9.98. The first kappa shape index (κ1) is 13.1. The van der Waals surface area contributed by atoms with E-state index in [-0.39, 0.29) is 11.1 Å². The zero-order valence-electron chi connectivity index (χ0n) is 10.9. The van der Waals surface area contributed by atoms with Crippen LogP contribution < -0.4 is 5.32 Å². The average molecular weight is 284 g/mol. The fourth-order valence-corrected chi connectivity index (χ4v) is 4.30. The molecule has 0 unspecified atom stereocenters. The Morgan fingerprint density at radius 1 is 1.26 bits per heavy atom. The molecule has 0 aromatic carbocycles. The maximum absolute atomic E-state index is 12.6. The summed E-state index contributed by atoms with van der Waals surface area (Å²) in [5.41, 5.74) is 0. The van der Waals surface area contributed by atoms with Crippen molar-refractivity contribution in [2.24, 2.45) is 5.92 Å². The zero-order valence-corrected chi connectivity index (χ0v) is 11.7. The predicted molar refractivity (Wildman–Crippen MR) is 71.1 cm³/mol. The highest BCUT2D eigenvalue weighted by molar-refractivity contribution is 7.89. The van der Waals surface area contributed by atoms with Gasteiger partial charge in [-0.25, -0.2) is 8.42 Å². The van der Waals surface area contributed by atoms with Crippen LogP contribution >= 0.6 is 0 Å². The van der Waals surface area contributed by atoms with Crippen LogP contribution in [0.3, 0.4) is 0 Å². The van der Waals surface area contributed by atoms with E-state index in [1.165, 1.54) is 12.3 Å². The van der Waals surface area contributed by atoms with E-state index in [9.17, 15) is 8.42 Å². The number of H-pyrrole nitrogens is 1. The van der Waals surface area contributed by atoms with Gasteiger partial charge in [0.2, 0.25) is 0 Å². The van der Waals surface area contributed by atoms with Crippen LogP contribution in [0, 0.1) is 5.92 Å². The van der Waals surface area contributed by atoms with Crippen molar-refractivity contribution in [1.82, 2.24) is 19.8 Å². The highest BCUT2D eigenvalue weighted by Gasteiger charge is 2.39. The summed E-state index contributed by atoms with van der Waals surface area (Å²) in [6.07, 6.45) is 5.57. The second-order valence-corrected chi connectivity index (χ2v) is 7.28. The van der Waals surface area contributed by atoms with E-state index >= 15 is 0 Å². The first-order valence-electron chi connectivity index (χ1n) is 6.90. The van der Waals surface area contributed by atoms with Gasteiger partial charge in [0.1, 0.15) is 0 Å².